The summed E-state index contributed by atoms with van der Waals surface area (Å²) < 4.78 is 26.2. The standard InChI is InChI=1S/C17H24N2O5S/c20-16(9-8-14-6-1-2-7-15(14)17(21)22)18-10-11-25(23,24)19-12-13-4-3-5-13/h1-2,6-7,13,19H,3-5,8-12H2,(H,18,20)(H,21,22). The van der Waals surface area contributed by atoms with Crippen molar-refractivity contribution in [3.05, 3.63) is 35.4 Å². The first-order valence-electron chi connectivity index (χ1n) is 8.42. The van der Waals surface area contributed by atoms with Gasteiger partial charge in [0.25, 0.3) is 0 Å². The summed E-state index contributed by atoms with van der Waals surface area (Å²) in [5.41, 5.74) is 0.762. The molecule has 0 bridgehead atoms. The number of nitrogens with one attached hydrogen (secondary N) is 2. The number of aromatic carboxylic acids is 1. The Morgan fingerprint density at radius 3 is 2.56 bits per heavy atom. The van der Waals surface area contributed by atoms with Gasteiger partial charge in [-0.2, -0.15) is 0 Å². The van der Waals surface area contributed by atoms with Crippen molar-refractivity contribution < 1.29 is 23.1 Å². The highest BCUT2D eigenvalue weighted by atomic mass is 32.2. The Kier molecular flexibility index (Phi) is 6.95. The van der Waals surface area contributed by atoms with E-state index >= 15 is 0 Å². The van der Waals surface area contributed by atoms with Crippen LogP contribution in [0.1, 0.15) is 41.6 Å². The fourth-order valence-corrected chi connectivity index (χ4v) is 3.63. The zero-order valence-corrected chi connectivity index (χ0v) is 14.8. The molecular weight excluding hydrogens is 344 g/mol. The van der Waals surface area contributed by atoms with Crippen LogP contribution in [0, 0.1) is 5.92 Å². The van der Waals surface area contributed by atoms with Crippen molar-refractivity contribution in [1.29, 1.82) is 0 Å². The van der Waals surface area contributed by atoms with Crippen LogP contribution in [0.5, 0.6) is 0 Å². The Balaban J connectivity index is 1.69. The number of carboxylic acid groups (broad SMARTS) is 1. The van der Waals surface area contributed by atoms with Crippen LogP contribution in [0.3, 0.4) is 0 Å². The second-order valence-electron chi connectivity index (χ2n) is 6.28. The van der Waals surface area contributed by atoms with Gasteiger partial charge in [-0.25, -0.2) is 17.9 Å². The molecule has 1 aromatic rings. The van der Waals surface area contributed by atoms with E-state index in [4.69, 9.17) is 5.11 Å². The monoisotopic (exact) mass is 368 g/mol. The van der Waals surface area contributed by atoms with Gasteiger partial charge in [0.05, 0.1) is 11.3 Å². The van der Waals surface area contributed by atoms with E-state index in [1.807, 2.05) is 0 Å². The number of amides is 1. The van der Waals surface area contributed by atoms with Crippen LogP contribution in [0.25, 0.3) is 0 Å². The van der Waals surface area contributed by atoms with Gasteiger partial charge in [-0.15, -0.1) is 0 Å². The lowest BCUT2D eigenvalue weighted by Gasteiger charge is -2.25. The van der Waals surface area contributed by atoms with Gasteiger partial charge < -0.3 is 10.4 Å². The molecule has 1 aliphatic rings. The number of benzene rings is 1. The number of carbonyl (C=O) groups is 2. The number of aryl methyl sites for hydroxylation is 1. The molecule has 2 rings (SSSR count). The van der Waals surface area contributed by atoms with E-state index in [0.29, 0.717) is 24.4 Å². The maximum Gasteiger partial charge on any atom is 0.335 e. The van der Waals surface area contributed by atoms with Crippen LogP contribution in [0.4, 0.5) is 0 Å². The molecule has 0 aliphatic heterocycles. The van der Waals surface area contributed by atoms with E-state index in [2.05, 4.69) is 10.0 Å². The van der Waals surface area contributed by atoms with Gasteiger partial charge in [0, 0.05) is 19.5 Å². The Bertz CT molecular complexity index is 714. The van der Waals surface area contributed by atoms with E-state index in [1.54, 1.807) is 18.2 Å². The maximum absolute atomic E-state index is 11.8. The number of carboxylic acids is 1. The third-order valence-electron chi connectivity index (χ3n) is 4.38. The third-order valence-corrected chi connectivity index (χ3v) is 5.73. The van der Waals surface area contributed by atoms with Crippen LogP contribution in [0.15, 0.2) is 24.3 Å². The highest BCUT2D eigenvalue weighted by molar-refractivity contribution is 7.89. The van der Waals surface area contributed by atoms with E-state index in [9.17, 15) is 18.0 Å². The molecule has 1 aromatic carbocycles. The van der Waals surface area contributed by atoms with Gasteiger partial charge >= 0.3 is 5.97 Å². The minimum Gasteiger partial charge on any atom is -0.478 e. The van der Waals surface area contributed by atoms with E-state index in [0.717, 1.165) is 19.3 Å². The van der Waals surface area contributed by atoms with Gasteiger partial charge in [-0.3, -0.25) is 4.79 Å². The average molecular weight is 368 g/mol. The molecule has 25 heavy (non-hydrogen) atoms. The van der Waals surface area contributed by atoms with E-state index in [1.165, 1.54) is 6.07 Å². The predicted octanol–water partition coefficient (Wildman–Crippen LogP) is 1.15. The smallest absolute Gasteiger partial charge is 0.335 e. The van der Waals surface area contributed by atoms with Crippen molar-refractivity contribution in [2.45, 2.75) is 32.1 Å². The first kappa shape index (κ1) is 19.4. The molecular formula is C17H24N2O5S. The second-order valence-corrected chi connectivity index (χ2v) is 8.20. The van der Waals surface area contributed by atoms with Crippen molar-refractivity contribution >= 4 is 21.9 Å². The normalized spacial score (nSPS) is 14.7. The molecule has 0 heterocycles. The predicted molar refractivity (Wildman–Crippen MR) is 93.9 cm³/mol. The Morgan fingerprint density at radius 1 is 1.20 bits per heavy atom. The lowest BCUT2D eigenvalue weighted by Crippen LogP contribution is -2.37. The average Bonchev–Trinajstić information content (AvgIpc) is 2.51. The molecule has 0 radical (unpaired) electrons. The van der Waals surface area contributed by atoms with Crippen molar-refractivity contribution in [3.63, 3.8) is 0 Å². The summed E-state index contributed by atoms with van der Waals surface area (Å²) >= 11 is 0. The Hall–Kier alpha value is -1.93. The molecule has 1 saturated carbocycles. The molecule has 0 spiro atoms. The molecule has 1 amide bonds. The molecule has 3 N–H and O–H groups in total. The lowest BCUT2D eigenvalue weighted by atomic mass is 9.86. The first-order valence-corrected chi connectivity index (χ1v) is 10.1. The van der Waals surface area contributed by atoms with Crippen molar-refractivity contribution in [2.75, 3.05) is 18.8 Å². The Labute approximate surface area is 147 Å². The lowest BCUT2D eigenvalue weighted by molar-refractivity contribution is -0.120. The van der Waals surface area contributed by atoms with E-state index < -0.39 is 16.0 Å². The van der Waals surface area contributed by atoms with Crippen molar-refractivity contribution in [2.24, 2.45) is 5.92 Å². The van der Waals surface area contributed by atoms with Crippen LogP contribution in [-0.2, 0) is 21.2 Å². The highest BCUT2D eigenvalue weighted by Crippen LogP contribution is 2.25. The van der Waals surface area contributed by atoms with Crippen molar-refractivity contribution in [1.82, 2.24) is 10.0 Å². The number of hydrogen-bond donors (Lipinski definition) is 3. The molecule has 0 unspecified atom stereocenters. The summed E-state index contributed by atoms with van der Waals surface area (Å²) in [6.07, 6.45) is 3.70. The molecule has 138 valence electrons. The summed E-state index contributed by atoms with van der Waals surface area (Å²) in [6.45, 7) is 0.516. The van der Waals surface area contributed by atoms with Crippen LogP contribution >= 0.6 is 0 Å². The topological polar surface area (TPSA) is 113 Å². The number of sulfonamides is 1. The zero-order valence-electron chi connectivity index (χ0n) is 14.0. The highest BCUT2D eigenvalue weighted by Gasteiger charge is 2.20. The van der Waals surface area contributed by atoms with Gasteiger partial charge in [0.2, 0.25) is 15.9 Å². The maximum atomic E-state index is 11.8. The molecule has 0 atom stereocenters. The quantitative estimate of drug-likeness (QED) is 0.573. The fraction of sp³-hybridized carbons (Fsp3) is 0.529. The molecule has 7 nitrogen and oxygen atoms in total. The largest absolute Gasteiger partial charge is 0.478 e. The second kappa shape index (κ2) is 8.96. The molecule has 1 aliphatic carbocycles. The first-order chi connectivity index (χ1) is 11.9. The number of rotatable bonds is 10. The number of hydrogen-bond acceptors (Lipinski definition) is 4. The third kappa shape index (κ3) is 6.47. The van der Waals surface area contributed by atoms with Gasteiger partial charge in [-0.05, 0) is 36.8 Å². The summed E-state index contributed by atoms with van der Waals surface area (Å²) in [6, 6.07) is 6.52. The van der Waals surface area contributed by atoms with Gasteiger partial charge in [0.1, 0.15) is 0 Å². The van der Waals surface area contributed by atoms with Gasteiger partial charge in [0.15, 0.2) is 0 Å². The van der Waals surface area contributed by atoms with Crippen LogP contribution in [0.2, 0.25) is 0 Å². The fourth-order valence-electron chi connectivity index (χ4n) is 2.62. The summed E-state index contributed by atoms with van der Waals surface area (Å²) in [5.74, 6) is -1.04. The minimum absolute atomic E-state index is 0.0411. The Morgan fingerprint density at radius 2 is 1.92 bits per heavy atom. The SMILES string of the molecule is O=C(CCc1ccccc1C(=O)O)NCCS(=O)(=O)NCC1CCC1. The molecule has 0 aromatic heterocycles. The molecule has 8 heteroatoms. The van der Waals surface area contributed by atoms with E-state index in [-0.39, 0.29) is 30.2 Å². The summed E-state index contributed by atoms with van der Waals surface area (Å²) in [5, 5.41) is 11.7. The molecule has 0 saturated heterocycles. The van der Waals surface area contributed by atoms with Gasteiger partial charge in [-0.1, -0.05) is 24.6 Å². The van der Waals surface area contributed by atoms with Crippen molar-refractivity contribution in [3.8, 4) is 0 Å². The summed E-state index contributed by atoms with van der Waals surface area (Å²) in [4.78, 5) is 22.9. The number of carbonyl (C=O) groups excluding carboxylic acids is 1. The molecule has 1 fully saturated rings. The van der Waals surface area contributed by atoms with Crippen LogP contribution < -0.4 is 10.0 Å². The minimum atomic E-state index is -3.38. The summed E-state index contributed by atoms with van der Waals surface area (Å²) in [7, 11) is -3.38. The van der Waals surface area contributed by atoms with Crippen LogP contribution in [-0.4, -0.2) is 44.2 Å². The zero-order chi connectivity index (χ0) is 18.3.